The minimum Gasteiger partial charge on any atom is -0.352 e. The highest BCUT2D eigenvalue weighted by molar-refractivity contribution is 7.89. The molecule has 0 unspecified atom stereocenters. The van der Waals surface area contributed by atoms with Crippen LogP contribution in [0.5, 0.6) is 0 Å². The van der Waals surface area contributed by atoms with Gasteiger partial charge in [0, 0.05) is 18.2 Å². The Kier molecular flexibility index (Phi) is 6.95. The minimum atomic E-state index is -3.87. The lowest BCUT2D eigenvalue weighted by atomic mass is 9.94. The number of hydrogen-bond acceptors (Lipinski definition) is 4. The van der Waals surface area contributed by atoms with Gasteiger partial charge in [0.2, 0.25) is 21.8 Å². The zero-order chi connectivity index (χ0) is 21.0. The van der Waals surface area contributed by atoms with Gasteiger partial charge in [-0.1, -0.05) is 33.1 Å². The molecule has 3 N–H and O–H groups in total. The molecule has 0 saturated heterocycles. The molecular weight excluding hydrogens is 390 g/mol. The third-order valence-electron chi connectivity index (χ3n) is 5.69. The number of amides is 2. The van der Waals surface area contributed by atoms with Crippen molar-refractivity contribution in [2.75, 3.05) is 5.32 Å². The highest BCUT2D eigenvalue weighted by Gasteiger charge is 2.30. The fourth-order valence-corrected chi connectivity index (χ4v) is 5.38. The first-order valence-corrected chi connectivity index (χ1v) is 12.0. The lowest BCUT2D eigenvalue weighted by molar-refractivity contribution is -0.124. The predicted molar refractivity (Wildman–Crippen MR) is 112 cm³/mol. The Balaban J connectivity index is 1.75. The van der Waals surface area contributed by atoms with Gasteiger partial charge in [0.15, 0.2) is 0 Å². The lowest BCUT2D eigenvalue weighted by Gasteiger charge is -2.27. The van der Waals surface area contributed by atoms with Crippen molar-refractivity contribution in [3.05, 3.63) is 23.8 Å². The Hall–Kier alpha value is -1.93. The number of hydrogen-bond donors (Lipinski definition) is 3. The van der Waals surface area contributed by atoms with Gasteiger partial charge in [0.1, 0.15) is 6.04 Å². The Bertz CT molecular complexity index is 861. The number of fused-ring (bicyclic) bond motifs is 1. The van der Waals surface area contributed by atoms with E-state index in [0.29, 0.717) is 24.9 Å². The molecule has 29 heavy (non-hydrogen) atoms. The molecule has 1 aliphatic heterocycles. The van der Waals surface area contributed by atoms with Crippen LogP contribution >= 0.6 is 0 Å². The maximum atomic E-state index is 13.0. The van der Waals surface area contributed by atoms with Crippen molar-refractivity contribution < 1.29 is 18.0 Å². The Morgan fingerprint density at radius 3 is 2.52 bits per heavy atom. The molecule has 1 aliphatic carbocycles. The molecule has 2 aliphatic rings. The maximum Gasteiger partial charge on any atom is 0.241 e. The van der Waals surface area contributed by atoms with Crippen LogP contribution in [0.2, 0.25) is 0 Å². The van der Waals surface area contributed by atoms with Crippen LogP contribution in [0.15, 0.2) is 23.1 Å². The highest BCUT2D eigenvalue weighted by atomic mass is 32.2. The van der Waals surface area contributed by atoms with Crippen molar-refractivity contribution in [3.8, 4) is 0 Å². The van der Waals surface area contributed by atoms with Crippen molar-refractivity contribution in [3.63, 3.8) is 0 Å². The summed E-state index contributed by atoms with van der Waals surface area (Å²) in [7, 11) is -3.87. The zero-order valence-electron chi connectivity index (χ0n) is 17.2. The Morgan fingerprint density at radius 2 is 1.83 bits per heavy atom. The highest BCUT2D eigenvalue weighted by Crippen LogP contribution is 2.25. The minimum absolute atomic E-state index is 0.0586. The molecule has 8 heteroatoms. The van der Waals surface area contributed by atoms with Crippen molar-refractivity contribution in [1.82, 2.24) is 10.0 Å². The summed E-state index contributed by atoms with van der Waals surface area (Å²) >= 11 is 0. The molecule has 1 heterocycles. The summed E-state index contributed by atoms with van der Waals surface area (Å²) < 4.78 is 28.6. The topological polar surface area (TPSA) is 104 Å². The SMILES string of the molecule is CC(C)[C@H](NS(=O)(=O)c1ccc2c(c1)CCCC(=O)N2)C(=O)NC1CCCCC1. The van der Waals surface area contributed by atoms with Crippen LogP contribution in [0.3, 0.4) is 0 Å². The van der Waals surface area contributed by atoms with E-state index >= 15 is 0 Å². The number of rotatable bonds is 6. The van der Waals surface area contributed by atoms with E-state index in [9.17, 15) is 18.0 Å². The fourth-order valence-electron chi connectivity index (χ4n) is 3.98. The van der Waals surface area contributed by atoms with Crippen molar-refractivity contribution >= 4 is 27.5 Å². The summed E-state index contributed by atoms with van der Waals surface area (Å²) in [5.74, 6) is -0.511. The quantitative estimate of drug-likeness (QED) is 0.657. The normalized spacial score (nSPS) is 19.2. The summed E-state index contributed by atoms with van der Waals surface area (Å²) in [5.41, 5.74) is 1.45. The summed E-state index contributed by atoms with van der Waals surface area (Å²) in [6, 6.07) is 3.99. The molecule has 2 amide bonds. The van der Waals surface area contributed by atoms with Gasteiger partial charge in [0.25, 0.3) is 0 Å². The molecule has 160 valence electrons. The molecule has 0 bridgehead atoms. The molecule has 1 fully saturated rings. The Morgan fingerprint density at radius 1 is 1.10 bits per heavy atom. The van der Waals surface area contributed by atoms with Crippen LogP contribution in [0.25, 0.3) is 0 Å². The summed E-state index contributed by atoms with van der Waals surface area (Å²) in [6.07, 6.45) is 6.99. The van der Waals surface area contributed by atoms with Gasteiger partial charge in [-0.3, -0.25) is 9.59 Å². The standard InChI is InChI=1S/C21H31N3O4S/c1-14(2)20(21(26)22-16-8-4-3-5-9-16)24-29(27,28)17-11-12-18-15(13-17)7-6-10-19(25)23-18/h11-14,16,20,24H,3-10H2,1-2H3,(H,22,26)(H,23,25)/t20-/m0/s1. The average Bonchev–Trinajstić information content (AvgIpc) is 2.86. The van der Waals surface area contributed by atoms with Gasteiger partial charge >= 0.3 is 0 Å². The molecule has 1 aromatic rings. The molecule has 0 radical (unpaired) electrons. The van der Waals surface area contributed by atoms with Crippen molar-refractivity contribution in [2.45, 2.75) is 82.2 Å². The van der Waals surface area contributed by atoms with E-state index in [1.807, 2.05) is 13.8 Å². The van der Waals surface area contributed by atoms with E-state index in [1.165, 1.54) is 12.5 Å². The molecule has 1 atom stereocenters. The first-order valence-electron chi connectivity index (χ1n) is 10.5. The second-order valence-electron chi connectivity index (χ2n) is 8.41. The van der Waals surface area contributed by atoms with E-state index in [2.05, 4.69) is 15.4 Å². The van der Waals surface area contributed by atoms with Gasteiger partial charge in [-0.25, -0.2) is 8.42 Å². The van der Waals surface area contributed by atoms with Gasteiger partial charge < -0.3 is 10.6 Å². The van der Waals surface area contributed by atoms with Crippen LogP contribution in [0.1, 0.15) is 64.4 Å². The molecule has 0 spiro atoms. The molecule has 1 saturated carbocycles. The van der Waals surface area contributed by atoms with Crippen LogP contribution in [-0.2, 0) is 26.0 Å². The smallest absolute Gasteiger partial charge is 0.241 e. The molecule has 3 rings (SSSR count). The van der Waals surface area contributed by atoms with Gasteiger partial charge in [-0.2, -0.15) is 4.72 Å². The number of nitrogens with one attached hydrogen (secondary N) is 3. The van der Waals surface area contributed by atoms with E-state index in [1.54, 1.807) is 12.1 Å². The third kappa shape index (κ3) is 5.57. The number of sulfonamides is 1. The maximum absolute atomic E-state index is 13.0. The van der Waals surface area contributed by atoms with Gasteiger partial charge in [-0.05, 0) is 55.4 Å². The number of benzene rings is 1. The summed E-state index contributed by atoms with van der Waals surface area (Å²) in [5, 5.41) is 5.83. The zero-order valence-corrected chi connectivity index (χ0v) is 18.0. The largest absolute Gasteiger partial charge is 0.352 e. The fraction of sp³-hybridized carbons (Fsp3) is 0.619. The lowest BCUT2D eigenvalue weighted by Crippen LogP contribution is -2.52. The second kappa shape index (κ2) is 9.26. The second-order valence-corrected chi connectivity index (χ2v) is 10.1. The van der Waals surface area contributed by atoms with E-state index in [0.717, 1.165) is 31.2 Å². The molecule has 7 nitrogen and oxygen atoms in total. The first-order chi connectivity index (χ1) is 13.8. The van der Waals surface area contributed by atoms with Crippen LogP contribution < -0.4 is 15.4 Å². The van der Waals surface area contributed by atoms with Crippen LogP contribution in [0.4, 0.5) is 5.69 Å². The van der Waals surface area contributed by atoms with E-state index in [4.69, 9.17) is 0 Å². The van der Waals surface area contributed by atoms with Gasteiger partial charge in [0.05, 0.1) is 4.90 Å². The number of anilines is 1. The number of carbonyl (C=O) groups excluding carboxylic acids is 2. The predicted octanol–water partition coefficient (Wildman–Crippen LogP) is 2.71. The van der Waals surface area contributed by atoms with Crippen LogP contribution in [0, 0.1) is 5.92 Å². The summed E-state index contributed by atoms with van der Waals surface area (Å²) in [4.78, 5) is 24.6. The van der Waals surface area contributed by atoms with Crippen molar-refractivity contribution in [1.29, 1.82) is 0 Å². The first kappa shape index (κ1) is 21.8. The van der Waals surface area contributed by atoms with Gasteiger partial charge in [-0.15, -0.1) is 0 Å². The van der Waals surface area contributed by atoms with Crippen LogP contribution in [-0.4, -0.2) is 32.3 Å². The molecule has 1 aromatic carbocycles. The number of aryl methyl sites for hydroxylation is 1. The molecular formula is C21H31N3O4S. The third-order valence-corrected chi connectivity index (χ3v) is 7.13. The summed E-state index contributed by atoms with van der Waals surface area (Å²) in [6.45, 7) is 3.67. The average molecular weight is 422 g/mol. The van der Waals surface area contributed by atoms with Crippen molar-refractivity contribution in [2.24, 2.45) is 5.92 Å². The van der Waals surface area contributed by atoms with E-state index < -0.39 is 16.1 Å². The number of carbonyl (C=O) groups is 2. The monoisotopic (exact) mass is 421 g/mol. The van der Waals surface area contributed by atoms with E-state index in [-0.39, 0.29) is 28.7 Å². The Labute approximate surface area is 173 Å². The molecule has 0 aromatic heterocycles.